The summed E-state index contributed by atoms with van der Waals surface area (Å²) in [5, 5.41) is 14.1. The normalized spacial score (nSPS) is 34.6. The van der Waals surface area contributed by atoms with Gasteiger partial charge in [0.25, 0.3) is 5.91 Å². The zero-order valence-electron chi connectivity index (χ0n) is 14.3. The fraction of sp³-hybridized carbons (Fsp3) is 0.579. The van der Waals surface area contributed by atoms with E-state index >= 15 is 0 Å². The van der Waals surface area contributed by atoms with Gasteiger partial charge in [-0.3, -0.25) is 9.59 Å². The number of ether oxygens (including phenoxy) is 1. The van der Waals surface area contributed by atoms with Crippen molar-refractivity contribution in [3.8, 4) is 0 Å². The average molecular weight is 398 g/mol. The minimum Gasteiger partial charge on any atom is -0.455 e. The Hall–Kier alpha value is -1.30. The molecule has 26 heavy (non-hydrogen) atoms. The molecule has 4 bridgehead atoms. The van der Waals surface area contributed by atoms with E-state index in [0.29, 0.717) is 34.0 Å². The Bertz CT molecular complexity index is 752. The van der Waals surface area contributed by atoms with E-state index in [9.17, 15) is 14.7 Å². The highest BCUT2D eigenvalue weighted by Crippen LogP contribution is 2.61. The SMILES string of the molecule is O=C(COC(=O)C12CC3CC(CC(O)(C3)C1)C2)Nc1ccc(Cl)cc1Cl. The Morgan fingerprint density at radius 3 is 2.50 bits per heavy atom. The molecule has 5 nitrogen and oxygen atoms in total. The lowest BCUT2D eigenvalue weighted by Crippen LogP contribution is -2.58. The molecular formula is C19H21Cl2NO4. The summed E-state index contributed by atoms with van der Waals surface area (Å²) in [4.78, 5) is 24.9. The molecule has 0 heterocycles. The number of aliphatic hydroxyl groups is 1. The Morgan fingerprint density at radius 1 is 1.19 bits per heavy atom. The third kappa shape index (κ3) is 3.32. The molecule has 2 unspecified atom stereocenters. The Kier molecular flexibility index (Phi) is 4.45. The largest absolute Gasteiger partial charge is 0.455 e. The van der Waals surface area contributed by atoms with Gasteiger partial charge in [0.15, 0.2) is 6.61 Å². The number of hydrogen-bond donors (Lipinski definition) is 2. The number of hydrogen-bond acceptors (Lipinski definition) is 4. The molecule has 7 heteroatoms. The van der Waals surface area contributed by atoms with Crippen molar-refractivity contribution in [2.75, 3.05) is 11.9 Å². The number of esters is 1. The van der Waals surface area contributed by atoms with Crippen LogP contribution in [-0.2, 0) is 14.3 Å². The maximum absolute atomic E-state index is 12.8. The fourth-order valence-electron chi connectivity index (χ4n) is 5.51. The molecule has 0 spiro atoms. The summed E-state index contributed by atoms with van der Waals surface area (Å²) >= 11 is 11.9. The Morgan fingerprint density at radius 2 is 1.88 bits per heavy atom. The van der Waals surface area contributed by atoms with Crippen LogP contribution < -0.4 is 5.32 Å². The average Bonchev–Trinajstić information content (AvgIpc) is 2.53. The van der Waals surface area contributed by atoms with Crippen LogP contribution >= 0.6 is 23.2 Å². The van der Waals surface area contributed by atoms with Gasteiger partial charge in [-0.2, -0.15) is 0 Å². The summed E-state index contributed by atoms with van der Waals surface area (Å²) in [6.45, 7) is -0.368. The van der Waals surface area contributed by atoms with Crippen LogP contribution in [0, 0.1) is 17.3 Å². The minimum absolute atomic E-state index is 0.320. The first-order valence-corrected chi connectivity index (χ1v) is 9.67. The highest BCUT2D eigenvalue weighted by molar-refractivity contribution is 6.36. The van der Waals surface area contributed by atoms with E-state index < -0.39 is 16.9 Å². The van der Waals surface area contributed by atoms with Gasteiger partial charge in [-0.15, -0.1) is 0 Å². The van der Waals surface area contributed by atoms with E-state index in [4.69, 9.17) is 27.9 Å². The zero-order valence-corrected chi connectivity index (χ0v) is 15.8. The molecule has 2 atom stereocenters. The molecule has 0 saturated heterocycles. The second-order valence-corrected chi connectivity index (χ2v) is 9.06. The molecular weight excluding hydrogens is 377 g/mol. The Balaban J connectivity index is 1.37. The summed E-state index contributed by atoms with van der Waals surface area (Å²) in [5.41, 5.74) is -0.944. The van der Waals surface area contributed by atoms with Gasteiger partial charge in [0.05, 0.1) is 21.7 Å². The van der Waals surface area contributed by atoms with E-state index in [1.807, 2.05) is 0 Å². The summed E-state index contributed by atoms with van der Waals surface area (Å²) in [6, 6.07) is 4.74. The topological polar surface area (TPSA) is 75.6 Å². The van der Waals surface area contributed by atoms with Crippen LogP contribution in [0.2, 0.25) is 10.0 Å². The number of anilines is 1. The lowest BCUT2D eigenvalue weighted by Gasteiger charge is -2.58. The molecule has 1 aromatic carbocycles. The van der Waals surface area contributed by atoms with Crippen molar-refractivity contribution in [1.82, 2.24) is 0 Å². The molecule has 140 valence electrons. The van der Waals surface area contributed by atoms with Crippen LogP contribution in [0.3, 0.4) is 0 Å². The third-order valence-electron chi connectivity index (χ3n) is 6.00. The van der Waals surface area contributed by atoms with Crippen LogP contribution in [0.5, 0.6) is 0 Å². The summed E-state index contributed by atoms with van der Waals surface area (Å²) < 4.78 is 5.34. The first-order chi connectivity index (χ1) is 12.3. The summed E-state index contributed by atoms with van der Waals surface area (Å²) in [6.07, 6.45) is 4.63. The zero-order chi connectivity index (χ0) is 18.5. The van der Waals surface area contributed by atoms with Gasteiger partial charge in [0.1, 0.15) is 0 Å². The van der Waals surface area contributed by atoms with Crippen molar-refractivity contribution in [2.24, 2.45) is 17.3 Å². The van der Waals surface area contributed by atoms with E-state index in [2.05, 4.69) is 5.32 Å². The first kappa shape index (κ1) is 18.1. The molecule has 1 amide bonds. The van der Waals surface area contributed by atoms with Crippen molar-refractivity contribution in [1.29, 1.82) is 0 Å². The van der Waals surface area contributed by atoms with Crippen LogP contribution in [-0.4, -0.2) is 29.2 Å². The highest BCUT2D eigenvalue weighted by Gasteiger charge is 2.60. The van der Waals surface area contributed by atoms with Crippen molar-refractivity contribution in [3.63, 3.8) is 0 Å². The standard InChI is InChI=1S/C19H21Cl2NO4/c20-13-1-2-15(14(21)4-13)22-16(23)9-26-17(24)18-5-11-3-12(6-18)8-19(25,7-11)10-18/h1-2,4,11-12,25H,3,5-10H2,(H,22,23). The molecule has 0 radical (unpaired) electrons. The summed E-state index contributed by atoms with van der Waals surface area (Å²) in [7, 11) is 0. The minimum atomic E-state index is -0.734. The quantitative estimate of drug-likeness (QED) is 0.757. The third-order valence-corrected chi connectivity index (χ3v) is 6.55. The number of rotatable bonds is 4. The van der Waals surface area contributed by atoms with E-state index in [0.717, 1.165) is 32.1 Å². The first-order valence-electron chi connectivity index (χ1n) is 8.92. The van der Waals surface area contributed by atoms with Gasteiger partial charge >= 0.3 is 5.97 Å². The summed E-state index contributed by atoms with van der Waals surface area (Å²) in [5.74, 6) is -0.0422. The smallest absolute Gasteiger partial charge is 0.312 e. The maximum atomic E-state index is 12.8. The van der Waals surface area contributed by atoms with Crippen LogP contribution in [0.15, 0.2) is 18.2 Å². The fourth-order valence-corrected chi connectivity index (χ4v) is 5.97. The highest BCUT2D eigenvalue weighted by atomic mass is 35.5. The van der Waals surface area contributed by atoms with Gasteiger partial charge in [-0.05, 0) is 68.6 Å². The van der Waals surface area contributed by atoms with Crippen molar-refractivity contribution in [3.05, 3.63) is 28.2 Å². The predicted octanol–water partition coefficient (Wildman–Crippen LogP) is 3.81. The number of amides is 1. The molecule has 4 aliphatic rings. The molecule has 4 fully saturated rings. The second-order valence-electron chi connectivity index (χ2n) is 8.21. The number of carbonyl (C=O) groups is 2. The van der Waals surface area contributed by atoms with Gasteiger partial charge in [0, 0.05) is 5.02 Å². The van der Waals surface area contributed by atoms with Gasteiger partial charge in [0.2, 0.25) is 0 Å². The van der Waals surface area contributed by atoms with Crippen molar-refractivity contribution in [2.45, 2.75) is 44.1 Å². The van der Waals surface area contributed by atoms with Crippen LogP contribution in [0.1, 0.15) is 38.5 Å². The molecule has 1 aromatic rings. The van der Waals surface area contributed by atoms with Gasteiger partial charge < -0.3 is 15.2 Å². The van der Waals surface area contributed by atoms with E-state index in [1.165, 1.54) is 6.07 Å². The lowest BCUT2D eigenvalue weighted by molar-refractivity contribution is -0.196. The van der Waals surface area contributed by atoms with Crippen molar-refractivity contribution < 1.29 is 19.4 Å². The molecule has 0 aliphatic heterocycles. The Labute approximate surface area is 162 Å². The molecule has 5 rings (SSSR count). The lowest BCUT2D eigenvalue weighted by atomic mass is 9.48. The van der Waals surface area contributed by atoms with Crippen LogP contribution in [0.25, 0.3) is 0 Å². The number of carbonyl (C=O) groups excluding carboxylic acids is 2. The maximum Gasteiger partial charge on any atom is 0.312 e. The molecule has 4 aliphatic carbocycles. The predicted molar refractivity (Wildman–Crippen MR) is 98.1 cm³/mol. The molecule has 0 aromatic heterocycles. The van der Waals surface area contributed by atoms with E-state index in [1.54, 1.807) is 12.1 Å². The van der Waals surface area contributed by atoms with Gasteiger partial charge in [-0.1, -0.05) is 23.2 Å². The monoisotopic (exact) mass is 397 g/mol. The van der Waals surface area contributed by atoms with Crippen LogP contribution in [0.4, 0.5) is 5.69 Å². The molecule has 2 N–H and O–H groups in total. The second kappa shape index (κ2) is 6.39. The number of benzene rings is 1. The number of halogens is 2. The van der Waals surface area contributed by atoms with Gasteiger partial charge in [-0.25, -0.2) is 0 Å². The molecule has 4 saturated carbocycles. The number of nitrogens with one attached hydrogen (secondary N) is 1. The van der Waals surface area contributed by atoms with Crippen molar-refractivity contribution >= 4 is 40.8 Å². The van der Waals surface area contributed by atoms with E-state index in [-0.39, 0.29) is 12.6 Å².